The topological polar surface area (TPSA) is 45.9 Å². The van der Waals surface area contributed by atoms with Gasteiger partial charge in [0, 0.05) is 13.6 Å². The Bertz CT molecular complexity index is 735. The van der Waals surface area contributed by atoms with Gasteiger partial charge in [0.2, 0.25) is 5.91 Å². The number of hydrogen-bond acceptors (Lipinski definition) is 4. The first-order chi connectivity index (χ1) is 11.8. The van der Waals surface area contributed by atoms with Gasteiger partial charge in [-0.15, -0.1) is 0 Å². The summed E-state index contributed by atoms with van der Waals surface area (Å²) in [4.78, 5) is 16.1. The zero-order valence-electron chi connectivity index (χ0n) is 14.8. The zero-order valence-corrected chi connectivity index (χ0v) is 16.3. The Kier molecular flexibility index (Phi) is 6.61. The molecule has 1 atom stereocenters. The molecule has 25 heavy (non-hydrogen) atoms. The largest absolute Gasteiger partial charge is 0.494 e. The fraction of sp³-hybridized carbons (Fsp3) is 0.389. The van der Waals surface area contributed by atoms with Gasteiger partial charge in [0.1, 0.15) is 5.76 Å². The zero-order chi connectivity index (χ0) is 18.6. The van der Waals surface area contributed by atoms with Gasteiger partial charge in [-0.3, -0.25) is 9.69 Å². The van der Waals surface area contributed by atoms with Crippen molar-refractivity contribution in [2.75, 3.05) is 21.2 Å². The van der Waals surface area contributed by atoms with E-state index in [2.05, 4.69) is 15.9 Å². The molecule has 0 bridgehead atoms. The Balaban J connectivity index is 1.97. The lowest BCUT2D eigenvalue weighted by atomic mass is 10.1. The van der Waals surface area contributed by atoms with E-state index in [9.17, 15) is 9.18 Å². The van der Waals surface area contributed by atoms with Crippen LogP contribution in [0.4, 0.5) is 4.39 Å². The van der Waals surface area contributed by atoms with Gasteiger partial charge in [-0.2, -0.15) is 0 Å². The standard InChI is InChI=1S/C18H22BrFN2O3/c1-12(21(2)11-14-6-8-17(19)25-14)18(23)22(3)10-13-5-7-16(24-4)15(20)9-13/h5-9,12H,10-11H2,1-4H3. The SMILES string of the molecule is COc1ccc(CN(C)C(=O)C(C)N(C)Cc2ccc(Br)o2)cc1F. The molecule has 136 valence electrons. The maximum Gasteiger partial charge on any atom is 0.239 e. The molecule has 0 spiro atoms. The summed E-state index contributed by atoms with van der Waals surface area (Å²) in [7, 11) is 4.99. The highest BCUT2D eigenvalue weighted by atomic mass is 79.9. The lowest BCUT2D eigenvalue weighted by molar-refractivity contribution is -0.135. The van der Waals surface area contributed by atoms with E-state index in [1.54, 1.807) is 24.1 Å². The summed E-state index contributed by atoms with van der Waals surface area (Å²) in [6, 6.07) is 8.05. The Morgan fingerprint density at radius 2 is 2.00 bits per heavy atom. The molecule has 0 saturated heterocycles. The first kappa shape index (κ1) is 19.5. The molecule has 0 N–H and O–H groups in total. The second kappa shape index (κ2) is 8.49. The molecule has 0 aliphatic carbocycles. The van der Waals surface area contributed by atoms with Crippen LogP contribution in [0.2, 0.25) is 0 Å². The normalized spacial score (nSPS) is 12.3. The van der Waals surface area contributed by atoms with Crippen LogP contribution in [0.3, 0.4) is 0 Å². The molecular formula is C18H22BrFN2O3. The number of amides is 1. The van der Waals surface area contributed by atoms with E-state index in [1.807, 2.05) is 31.0 Å². The van der Waals surface area contributed by atoms with Crippen LogP contribution >= 0.6 is 15.9 Å². The summed E-state index contributed by atoms with van der Waals surface area (Å²) >= 11 is 3.26. The highest BCUT2D eigenvalue weighted by Gasteiger charge is 2.22. The van der Waals surface area contributed by atoms with Crippen molar-refractivity contribution in [1.82, 2.24) is 9.80 Å². The quantitative estimate of drug-likeness (QED) is 0.695. The maximum atomic E-state index is 13.8. The van der Waals surface area contributed by atoms with Crippen LogP contribution in [-0.4, -0.2) is 43.0 Å². The van der Waals surface area contributed by atoms with Gasteiger partial charge >= 0.3 is 0 Å². The number of likely N-dealkylation sites (N-methyl/N-ethyl adjacent to an activating group) is 2. The van der Waals surface area contributed by atoms with Crippen LogP contribution in [-0.2, 0) is 17.9 Å². The van der Waals surface area contributed by atoms with Gasteiger partial charge in [-0.05, 0) is 59.7 Å². The number of carbonyl (C=O) groups is 1. The van der Waals surface area contributed by atoms with Crippen LogP contribution in [0.25, 0.3) is 0 Å². The van der Waals surface area contributed by atoms with Crippen LogP contribution in [0.1, 0.15) is 18.2 Å². The summed E-state index contributed by atoms with van der Waals surface area (Å²) in [6.07, 6.45) is 0. The number of benzene rings is 1. The molecule has 0 saturated carbocycles. The molecule has 2 aromatic rings. The highest BCUT2D eigenvalue weighted by molar-refractivity contribution is 9.10. The number of ether oxygens (including phenoxy) is 1. The number of furan rings is 1. The second-order valence-corrected chi connectivity index (χ2v) is 6.74. The molecule has 0 fully saturated rings. The molecule has 1 unspecified atom stereocenters. The highest BCUT2D eigenvalue weighted by Crippen LogP contribution is 2.19. The van der Waals surface area contributed by atoms with Crippen molar-refractivity contribution >= 4 is 21.8 Å². The molecular weight excluding hydrogens is 391 g/mol. The lowest BCUT2D eigenvalue weighted by Crippen LogP contribution is -2.43. The summed E-state index contributed by atoms with van der Waals surface area (Å²) in [5, 5.41) is 0. The molecule has 5 nitrogen and oxygen atoms in total. The smallest absolute Gasteiger partial charge is 0.239 e. The summed E-state index contributed by atoms with van der Waals surface area (Å²) in [6.45, 7) is 2.68. The minimum absolute atomic E-state index is 0.0515. The van der Waals surface area contributed by atoms with Gasteiger partial charge in [0.25, 0.3) is 0 Å². The summed E-state index contributed by atoms with van der Waals surface area (Å²) in [5.41, 5.74) is 0.707. The number of hydrogen-bond donors (Lipinski definition) is 0. The fourth-order valence-corrected chi connectivity index (χ4v) is 2.83. The maximum absolute atomic E-state index is 13.8. The number of carbonyl (C=O) groups excluding carboxylic acids is 1. The third kappa shape index (κ3) is 5.06. The molecule has 7 heteroatoms. The summed E-state index contributed by atoms with van der Waals surface area (Å²) in [5.74, 6) is 0.475. The molecule has 0 aliphatic heterocycles. The molecule has 1 aromatic carbocycles. The number of methoxy groups -OCH3 is 1. The number of halogens is 2. The Hall–Kier alpha value is -1.86. The van der Waals surface area contributed by atoms with Crippen molar-refractivity contribution in [3.63, 3.8) is 0 Å². The number of nitrogens with zero attached hydrogens (tertiary/aromatic N) is 2. The van der Waals surface area contributed by atoms with Gasteiger partial charge in [0.05, 0.1) is 19.7 Å². The third-order valence-corrected chi connectivity index (χ3v) is 4.49. The Morgan fingerprint density at radius 3 is 2.56 bits per heavy atom. The van der Waals surface area contributed by atoms with Gasteiger partial charge in [-0.25, -0.2) is 4.39 Å². The average Bonchev–Trinajstić information content (AvgIpc) is 2.98. The van der Waals surface area contributed by atoms with E-state index in [4.69, 9.17) is 9.15 Å². The average molecular weight is 413 g/mol. The van der Waals surface area contributed by atoms with Crippen molar-refractivity contribution in [1.29, 1.82) is 0 Å². The molecule has 1 heterocycles. The van der Waals surface area contributed by atoms with Crippen molar-refractivity contribution in [2.45, 2.75) is 26.1 Å². The predicted molar refractivity (Wildman–Crippen MR) is 96.8 cm³/mol. The van der Waals surface area contributed by atoms with E-state index in [-0.39, 0.29) is 17.7 Å². The van der Waals surface area contributed by atoms with Gasteiger partial charge in [0.15, 0.2) is 16.2 Å². The second-order valence-electron chi connectivity index (χ2n) is 5.96. The molecule has 0 aliphatic rings. The van der Waals surface area contributed by atoms with Crippen LogP contribution in [0.15, 0.2) is 39.4 Å². The fourth-order valence-electron chi connectivity index (χ4n) is 2.49. The molecule has 1 amide bonds. The van der Waals surface area contributed by atoms with Crippen LogP contribution in [0, 0.1) is 5.82 Å². The van der Waals surface area contributed by atoms with Crippen molar-refractivity contribution in [3.05, 3.63) is 52.1 Å². The number of rotatable bonds is 7. The first-order valence-electron chi connectivity index (χ1n) is 7.83. The lowest BCUT2D eigenvalue weighted by Gasteiger charge is -2.27. The third-order valence-electron chi connectivity index (χ3n) is 4.06. The van der Waals surface area contributed by atoms with E-state index in [1.165, 1.54) is 13.2 Å². The van der Waals surface area contributed by atoms with E-state index in [0.717, 1.165) is 5.76 Å². The van der Waals surface area contributed by atoms with E-state index < -0.39 is 5.82 Å². The Morgan fingerprint density at radius 1 is 1.28 bits per heavy atom. The van der Waals surface area contributed by atoms with Gasteiger partial charge < -0.3 is 14.1 Å². The van der Waals surface area contributed by atoms with Crippen molar-refractivity contribution in [3.8, 4) is 5.75 Å². The predicted octanol–water partition coefficient (Wildman–Crippen LogP) is 3.67. The minimum atomic E-state index is -0.436. The molecule has 0 radical (unpaired) electrons. The molecule has 2 rings (SSSR count). The van der Waals surface area contributed by atoms with Gasteiger partial charge in [-0.1, -0.05) is 6.07 Å². The first-order valence-corrected chi connectivity index (χ1v) is 8.63. The monoisotopic (exact) mass is 412 g/mol. The van der Waals surface area contributed by atoms with Crippen LogP contribution in [0.5, 0.6) is 5.75 Å². The van der Waals surface area contributed by atoms with Crippen molar-refractivity contribution in [2.24, 2.45) is 0 Å². The van der Waals surface area contributed by atoms with E-state index >= 15 is 0 Å². The van der Waals surface area contributed by atoms with Crippen molar-refractivity contribution < 1.29 is 18.3 Å². The van der Waals surface area contributed by atoms with E-state index in [0.29, 0.717) is 23.3 Å². The minimum Gasteiger partial charge on any atom is -0.494 e. The Labute approximate surface area is 155 Å². The summed E-state index contributed by atoms with van der Waals surface area (Å²) < 4.78 is 24.8. The molecule has 1 aromatic heterocycles. The van der Waals surface area contributed by atoms with Crippen LogP contribution < -0.4 is 4.74 Å².